The molecule has 3 rings (SSSR count). The maximum absolute atomic E-state index is 12.3. The standard InChI is InChI=1S/C17H26ClN3O2/c1-13-10-20(2)19-15(13)12-21(16(22)9-18)11-14-5-3-6-17(23-14)7-4-8-17/h10,14H,3-9,11-12H2,1-2H3. The summed E-state index contributed by atoms with van der Waals surface area (Å²) in [4.78, 5) is 14.1. The monoisotopic (exact) mass is 339 g/mol. The summed E-state index contributed by atoms with van der Waals surface area (Å²) >= 11 is 5.81. The largest absolute Gasteiger partial charge is 0.370 e. The molecule has 23 heavy (non-hydrogen) atoms. The van der Waals surface area contributed by atoms with E-state index in [9.17, 15) is 4.79 Å². The quantitative estimate of drug-likeness (QED) is 0.775. The molecule has 1 unspecified atom stereocenters. The first kappa shape index (κ1) is 16.8. The first-order valence-corrected chi connectivity index (χ1v) is 9.05. The van der Waals surface area contributed by atoms with Gasteiger partial charge in [0.05, 0.1) is 23.9 Å². The number of carbonyl (C=O) groups is 1. The van der Waals surface area contributed by atoms with Crippen LogP contribution < -0.4 is 0 Å². The van der Waals surface area contributed by atoms with Crippen LogP contribution in [-0.2, 0) is 23.1 Å². The minimum atomic E-state index is -0.0476. The Morgan fingerprint density at radius 2 is 2.22 bits per heavy atom. The number of hydrogen-bond acceptors (Lipinski definition) is 3. The van der Waals surface area contributed by atoms with Crippen molar-refractivity contribution in [1.82, 2.24) is 14.7 Å². The number of amides is 1. The molecule has 0 aromatic carbocycles. The number of carbonyl (C=O) groups excluding carboxylic acids is 1. The van der Waals surface area contributed by atoms with Gasteiger partial charge in [0.1, 0.15) is 5.88 Å². The second-order valence-electron chi connectivity index (χ2n) is 7.01. The number of alkyl halides is 1. The van der Waals surface area contributed by atoms with E-state index in [0.717, 1.165) is 17.7 Å². The van der Waals surface area contributed by atoms with Crippen LogP contribution in [0.2, 0.25) is 0 Å². The molecule has 6 heteroatoms. The van der Waals surface area contributed by atoms with Crippen LogP contribution in [0, 0.1) is 6.92 Å². The summed E-state index contributed by atoms with van der Waals surface area (Å²) in [7, 11) is 1.90. The molecule has 0 radical (unpaired) electrons. The van der Waals surface area contributed by atoms with Crippen LogP contribution in [0.15, 0.2) is 6.20 Å². The first-order chi connectivity index (χ1) is 11.0. The number of hydrogen-bond donors (Lipinski definition) is 0. The van der Waals surface area contributed by atoms with Crippen molar-refractivity contribution in [3.8, 4) is 0 Å². The van der Waals surface area contributed by atoms with Gasteiger partial charge in [0, 0.05) is 19.8 Å². The summed E-state index contributed by atoms with van der Waals surface area (Å²) < 4.78 is 8.13. The van der Waals surface area contributed by atoms with Gasteiger partial charge in [0.2, 0.25) is 5.91 Å². The van der Waals surface area contributed by atoms with Crippen molar-refractivity contribution in [2.45, 2.75) is 63.7 Å². The van der Waals surface area contributed by atoms with Gasteiger partial charge in [-0.15, -0.1) is 11.6 Å². The third-order valence-electron chi connectivity index (χ3n) is 5.19. The van der Waals surface area contributed by atoms with Crippen molar-refractivity contribution in [2.75, 3.05) is 12.4 Å². The SMILES string of the molecule is Cc1cn(C)nc1CN(CC1CCCC2(CCC2)O1)C(=O)CCl. The van der Waals surface area contributed by atoms with Gasteiger partial charge in [-0.3, -0.25) is 9.48 Å². The number of halogens is 1. The molecule has 0 bridgehead atoms. The van der Waals surface area contributed by atoms with E-state index in [1.165, 1.54) is 32.1 Å². The van der Waals surface area contributed by atoms with Crippen LogP contribution in [0.25, 0.3) is 0 Å². The van der Waals surface area contributed by atoms with Crippen molar-refractivity contribution in [1.29, 1.82) is 0 Å². The maximum atomic E-state index is 12.3. The third kappa shape index (κ3) is 3.72. The maximum Gasteiger partial charge on any atom is 0.237 e. The van der Waals surface area contributed by atoms with Crippen molar-refractivity contribution in [3.63, 3.8) is 0 Å². The lowest BCUT2D eigenvalue weighted by Gasteiger charge is -2.48. The van der Waals surface area contributed by atoms with Crippen molar-refractivity contribution < 1.29 is 9.53 Å². The van der Waals surface area contributed by atoms with Crippen LogP contribution in [-0.4, -0.2) is 44.7 Å². The number of ether oxygens (including phenoxy) is 1. The molecule has 2 aliphatic rings. The molecule has 1 aliphatic carbocycles. The number of aromatic nitrogens is 2. The van der Waals surface area contributed by atoms with E-state index in [0.29, 0.717) is 13.1 Å². The summed E-state index contributed by atoms with van der Waals surface area (Å²) in [5, 5.41) is 4.45. The molecule has 1 saturated heterocycles. The zero-order valence-corrected chi connectivity index (χ0v) is 14.8. The number of nitrogens with zero attached hydrogens (tertiary/aromatic N) is 3. The number of rotatable bonds is 5. The van der Waals surface area contributed by atoms with Gasteiger partial charge in [-0.05, 0) is 51.0 Å². The van der Waals surface area contributed by atoms with Gasteiger partial charge in [-0.25, -0.2) is 0 Å². The second-order valence-corrected chi connectivity index (χ2v) is 7.28. The molecule has 1 amide bonds. The van der Waals surface area contributed by atoms with E-state index >= 15 is 0 Å². The van der Waals surface area contributed by atoms with Crippen LogP contribution >= 0.6 is 11.6 Å². The smallest absolute Gasteiger partial charge is 0.237 e. The van der Waals surface area contributed by atoms with E-state index < -0.39 is 0 Å². The molecule has 1 aliphatic heterocycles. The van der Waals surface area contributed by atoms with E-state index in [2.05, 4.69) is 5.10 Å². The lowest BCUT2D eigenvalue weighted by molar-refractivity contribution is -0.176. The predicted octanol–water partition coefficient (Wildman–Crippen LogP) is 2.79. The summed E-state index contributed by atoms with van der Waals surface area (Å²) in [5.74, 6) is -0.0439. The average Bonchev–Trinajstić information content (AvgIpc) is 2.82. The zero-order valence-electron chi connectivity index (χ0n) is 14.1. The van der Waals surface area contributed by atoms with Crippen LogP contribution in [0.1, 0.15) is 49.8 Å². The van der Waals surface area contributed by atoms with E-state index in [1.54, 1.807) is 4.68 Å². The van der Waals surface area contributed by atoms with Crippen LogP contribution in [0.3, 0.4) is 0 Å². The molecule has 2 fully saturated rings. The van der Waals surface area contributed by atoms with Gasteiger partial charge >= 0.3 is 0 Å². The Labute approximate surface area is 142 Å². The van der Waals surface area contributed by atoms with E-state index in [1.807, 2.05) is 25.1 Å². The summed E-state index contributed by atoms with van der Waals surface area (Å²) in [6.45, 7) is 3.14. The highest BCUT2D eigenvalue weighted by atomic mass is 35.5. The summed E-state index contributed by atoms with van der Waals surface area (Å²) in [6.07, 6.45) is 9.10. The second kappa shape index (κ2) is 6.81. The molecule has 1 aromatic rings. The molecule has 1 spiro atoms. The zero-order chi connectivity index (χ0) is 16.4. The Kier molecular flexibility index (Phi) is 4.97. The van der Waals surface area contributed by atoms with Crippen LogP contribution in [0.5, 0.6) is 0 Å². The molecule has 2 heterocycles. The van der Waals surface area contributed by atoms with Gasteiger partial charge in [-0.1, -0.05) is 0 Å². The highest BCUT2D eigenvalue weighted by Gasteiger charge is 2.42. The van der Waals surface area contributed by atoms with Crippen molar-refractivity contribution >= 4 is 17.5 Å². The molecule has 1 saturated carbocycles. The molecular weight excluding hydrogens is 314 g/mol. The molecule has 128 valence electrons. The molecule has 5 nitrogen and oxygen atoms in total. The van der Waals surface area contributed by atoms with Crippen molar-refractivity contribution in [2.24, 2.45) is 7.05 Å². The molecule has 0 N–H and O–H groups in total. The topological polar surface area (TPSA) is 47.4 Å². The normalized spacial score (nSPS) is 22.8. The van der Waals surface area contributed by atoms with Gasteiger partial charge in [0.25, 0.3) is 0 Å². The fourth-order valence-corrected chi connectivity index (χ4v) is 3.93. The Bertz CT molecular complexity index is 568. The summed E-state index contributed by atoms with van der Waals surface area (Å²) in [5.41, 5.74) is 2.14. The Morgan fingerprint density at radius 3 is 2.78 bits per heavy atom. The Balaban J connectivity index is 1.66. The lowest BCUT2D eigenvalue weighted by Crippen LogP contribution is -2.50. The predicted molar refractivity (Wildman–Crippen MR) is 89.4 cm³/mol. The highest BCUT2D eigenvalue weighted by molar-refractivity contribution is 6.27. The first-order valence-electron chi connectivity index (χ1n) is 8.52. The van der Waals surface area contributed by atoms with E-state index in [4.69, 9.17) is 16.3 Å². The third-order valence-corrected chi connectivity index (χ3v) is 5.41. The summed E-state index contributed by atoms with van der Waals surface area (Å²) in [6, 6.07) is 0. The van der Waals surface area contributed by atoms with Crippen LogP contribution in [0.4, 0.5) is 0 Å². The molecule has 1 aromatic heterocycles. The molecular formula is C17H26ClN3O2. The highest BCUT2D eigenvalue weighted by Crippen LogP contribution is 2.44. The Morgan fingerprint density at radius 1 is 1.48 bits per heavy atom. The number of aryl methyl sites for hydroxylation is 2. The Hall–Kier alpha value is -1.07. The van der Waals surface area contributed by atoms with Gasteiger partial charge in [0.15, 0.2) is 0 Å². The minimum absolute atomic E-state index is 0.00371. The van der Waals surface area contributed by atoms with Gasteiger partial charge < -0.3 is 9.64 Å². The van der Waals surface area contributed by atoms with E-state index in [-0.39, 0.29) is 23.5 Å². The van der Waals surface area contributed by atoms with Crippen molar-refractivity contribution in [3.05, 3.63) is 17.5 Å². The minimum Gasteiger partial charge on any atom is -0.370 e. The van der Waals surface area contributed by atoms with Gasteiger partial charge in [-0.2, -0.15) is 5.10 Å². The molecule has 1 atom stereocenters. The lowest BCUT2D eigenvalue weighted by atomic mass is 9.74. The fraction of sp³-hybridized carbons (Fsp3) is 0.765. The average molecular weight is 340 g/mol. The fourth-order valence-electron chi connectivity index (χ4n) is 3.77.